The van der Waals surface area contributed by atoms with Crippen molar-refractivity contribution in [2.45, 2.75) is 83.7 Å². The lowest BCUT2D eigenvalue weighted by atomic mass is 9.84. The Kier molecular flexibility index (Phi) is 11.9. The average molecular weight is 365 g/mol. The topological polar surface area (TPSA) is 72.8 Å². The van der Waals surface area contributed by atoms with E-state index in [9.17, 15) is 8.42 Å². The molecule has 24 heavy (non-hydrogen) atoms. The maximum absolute atomic E-state index is 10.5. The zero-order valence-electron chi connectivity index (χ0n) is 15.2. The summed E-state index contributed by atoms with van der Waals surface area (Å²) in [5, 5.41) is 0. The molecule has 0 aromatic heterocycles. The second kappa shape index (κ2) is 13.1. The van der Waals surface area contributed by atoms with E-state index in [1.165, 1.54) is 57.8 Å². The Morgan fingerprint density at radius 2 is 1.58 bits per heavy atom. The maximum atomic E-state index is 10.5. The van der Waals surface area contributed by atoms with Gasteiger partial charge in [-0.1, -0.05) is 51.9 Å². The molecule has 0 aromatic carbocycles. The van der Waals surface area contributed by atoms with Crippen LogP contribution in [0.3, 0.4) is 0 Å². The highest BCUT2D eigenvalue weighted by atomic mass is 32.2. The van der Waals surface area contributed by atoms with Crippen molar-refractivity contribution >= 4 is 10.1 Å². The first-order valence-corrected chi connectivity index (χ1v) is 11.3. The molecule has 1 saturated carbocycles. The summed E-state index contributed by atoms with van der Waals surface area (Å²) in [6.45, 7) is 3.16. The van der Waals surface area contributed by atoms with Crippen LogP contribution in [-0.2, 0) is 19.6 Å². The van der Waals surface area contributed by atoms with Gasteiger partial charge in [0.2, 0.25) is 0 Å². The van der Waals surface area contributed by atoms with E-state index in [4.69, 9.17) is 14.0 Å². The van der Waals surface area contributed by atoms with Crippen molar-refractivity contribution < 1.29 is 22.4 Å². The Labute approximate surface area is 148 Å². The second-order valence-corrected chi connectivity index (χ2v) is 8.54. The monoisotopic (exact) mass is 364 g/mol. The lowest BCUT2D eigenvalue weighted by molar-refractivity contribution is -0.0148. The SMILES string of the molecule is CCCCCCCCC1CCC(OCCOCCS(=O)(=O)O)CC1. The summed E-state index contributed by atoms with van der Waals surface area (Å²) < 4.78 is 40.6. The van der Waals surface area contributed by atoms with Crippen LogP contribution in [0.4, 0.5) is 0 Å². The van der Waals surface area contributed by atoms with E-state index in [0.717, 1.165) is 18.8 Å². The quantitative estimate of drug-likeness (QED) is 0.369. The van der Waals surface area contributed by atoms with Crippen LogP contribution in [0, 0.1) is 5.92 Å². The molecule has 0 aromatic rings. The Balaban J connectivity index is 1.92. The van der Waals surface area contributed by atoms with Crippen molar-refractivity contribution in [1.29, 1.82) is 0 Å². The minimum absolute atomic E-state index is 0.0210. The second-order valence-electron chi connectivity index (χ2n) is 6.97. The van der Waals surface area contributed by atoms with E-state index >= 15 is 0 Å². The van der Waals surface area contributed by atoms with Gasteiger partial charge in [-0.05, 0) is 31.6 Å². The van der Waals surface area contributed by atoms with Crippen molar-refractivity contribution in [3.63, 3.8) is 0 Å². The van der Waals surface area contributed by atoms with Crippen LogP contribution in [0.25, 0.3) is 0 Å². The summed E-state index contributed by atoms with van der Waals surface area (Å²) in [6, 6.07) is 0. The van der Waals surface area contributed by atoms with E-state index in [-0.39, 0.29) is 12.4 Å². The summed E-state index contributed by atoms with van der Waals surface area (Å²) in [7, 11) is -3.92. The molecular weight excluding hydrogens is 328 g/mol. The Morgan fingerprint density at radius 1 is 0.917 bits per heavy atom. The molecular formula is C18H36O5S. The summed E-state index contributed by atoms with van der Waals surface area (Å²) in [5.41, 5.74) is 0. The molecule has 1 N–H and O–H groups in total. The molecule has 1 fully saturated rings. The first-order valence-electron chi connectivity index (χ1n) is 9.65. The molecule has 5 nitrogen and oxygen atoms in total. The molecule has 1 aliphatic rings. The first kappa shape index (κ1) is 21.9. The summed E-state index contributed by atoms with van der Waals surface area (Å²) in [4.78, 5) is 0. The zero-order valence-corrected chi connectivity index (χ0v) is 16.1. The van der Waals surface area contributed by atoms with E-state index < -0.39 is 10.1 Å². The Morgan fingerprint density at radius 3 is 2.25 bits per heavy atom. The van der Waals surface area contributed by atoms with Gasteiger partial charge in [-0.25, -0.2) is 0 Å². The summed E-state index contributed by atoms with van der Waals surface area (Å²) in [6.07, 6.45) is 14.7. The van der Waals surface area contributed by atoms with Gasteiger partial charge < -0.3 is 9.47 Å². The Hall–Kier alpha value is -0.170. The van der Waals surface area contributed by atoms with Crippen LogP contribution in [-0.4, -0.2) is 44.6 Å². The molecule has 0 atom stereocenters. The maximum Gasteiger partial charge on any atom is 0.267 e. The molecule has 1 rings (SSSR count). The van der Waals surface area contributed by atoms with Gasteiger partial charge in [-0.2, -0.15) is 8.42 Å². The van der Waals surface area contributed by atoms with E-state index in [0.29, 0.717) is 19.3 Å². The molecule has 0 bridgehead atoms. The minimum atomic E-state index is -3.92. The predicted octanol–water partition coefficient (Wildman–Crippen LogP) is 4.22. The third-order valence-corrected chi connectivity index (χ3v) is 5.51. The highest BCUT2D eigenvalue weighted by molar-refractivity contribution is 7.85. The molecule has 0 saturated heterocycles. The number of rotatable bonds is 14. The van der Waals surface area contributed by atoms with Crippen LogP contribution >= 0.6 is 0 Å². The van der Waals surface area contributed by atoms with Crippen LogP contribution in [0.15, 0.2) is 0 Å². The molecule has 144 valence electrons. The standard InChI is InChI=1S/C18H36O5S/c1-2-3-4-5-6-7-8-17-9-11-18(12-10-17)23-14-13-22-15-16-24(19,20)21/h17-18H,2-16H2,1H3,(H,19,20,21). The van der Waals surface area contributed by atoms with Gasteiger partial charge in [0.15, 0.2) is 0 Å². The fourth-order valence-corrected chi connectivity index (χ4v) is 3.67. The van der Waals surface area contributed by atoms with Gasteiger partial charge in [0.1, 0.15) is 0 Å². The van der Waals surface area contributed by atoms with Gasteiger partial charge in [0, 0.05) is 0 Å². The molecule has 1 aliphatic carbocycles. The van der Waals surface area contributed by atoms with Crippen LogP contribution in [0.2, 0.25) is 0 Å². The van der Waals surface area contributed by atoms with Crippen LogP contribution in [0.1, 0.15) is 77.6 Å². The van der Waals surface area contributed by atoms with Crippen molar-refractivity contribution in [2.24, 2.45) is 5.92 Å². The highest BCUT2D eigenvalue weighted by Gasteiger charge is 2.21. The number of hydrogen-bond acceptors (Lipinski definition) is 4. The zero-order chi connectivity index (χ0) is 17.7. The normalized spacial score (nSPS) is 21.9. The van der Waals surface area contributed by atoms with Gasteiger partial charge in [-0.3, -0.25) is 4.55 Å². The molecule has 0 radical (unpaired) electrons. The van der Waals surface area contributed by atoms with E-state index in [1.807, 2.05) is 0 Å². The minimum Gasteiger partial charge on any atom is -0.378 e. The third kappa shape index (κ3) is 12.2. The van der Waals surface area contributed by atoms with Crippen molar-refractivity contribution in [2.75, 3.05) is 25.6 Å². The molecule has 0 spiro atoms. The summed E-state index contributed by atoms with van der Waals surface area (Å²) >= 11 is 0. The molecule has 0 amide bonds. The molecule has 0 unspecified atom stereocenters. The number of hydrogen-bond donors (Lipinski definition) is 1. The fourth-order valence-electron chi connectivity index (χ4n) is 3.34. The van der Waals surface area contributed by atoms with Crippen LogP contribution < -0.4 is 0 Å². The average Bonchev–Trinajstić information content (AvgIpc) is 2.54. The van der Waals surface area contributed by atoms with Gasteiger partial charge in [0.05, 0.1) is 31.7 Å². The molecule has 0 heterocycles. The number of unbranched alkanes of at least 4 members (excludes halogenated alkanes) is 5. The lowest BCUT2D eigenvalue weighted by Gasteiger charge is -2.28. The number of ether oxygens (including phenoxy) is 2. The smallest absolute Gasteiger partial charge is 0.267 e. The van der Waals surface area contributed by atoms with Crippen molar-refractivity contribution in [3.8, 4) is 0 Å². The third-order valence-electron chi connectivity index (χ3n) is 4.83. The lowest BCUT2D eigenvalue weighted by Crippen LogP contribution is -2.23. The van der Waals surface area contributed by atoms with Gasteiger partial charge in [0.25, 0.3) is 10.1 Å². The van der Waals surface area contributed by atoms with E-state index in [1.54, 1.807) is 0 Å². The Bertz CT molecular complexity index is 388. The largest absolute Gasteiger partial charge is 0.378 e. The van der Waals surface area contributed by atoms with Crippen LogP contribution in [0.5, 0.6) is 0 Å². The molecule has 0 aliphatic heterocycles. The van der Waals surface area contributed by atoms with Gasteiger partial charge in [-0.15, -0.1) is 0 Å². The highest BCUT2D eigenvalue weighted by Crippen LogP contribution is 2.30. The van der Waals surface area contributed by atoms with Crippen molar-refractivity contribution in [3.05, 3.63) is 0 Å². The summed E-state index contributed by atoms with van der Waals surface area (Å²) in [5.74, 6) is 0.526. The van der Waals surface area contributed by atoms with Crippen molar-refractivity contribution in [1.82, 2.24) is 0 Å². The predicted molar refractivity (Wildman–Crippen MR) is 96.9 cm³/mol. The first-order chi connectivity index (χ1) is 11.5. The van der Waals surface area contributed by atoms with Gasteiger partial charge >= 0.3 is 0 Å². The van der Waals surface area contributed by atoms with E-state index in [2.05, 4.69) is 6.92 Å². The fraction of sp³-hybridized carbons (Fsp3) is 1.00. The molecule has 6 heteroatoms.